The van der Waals surface area contributed by atoms with Crippen LogP contribution in [0.5, 0.6) is 0 Å². The second kappa shape index (κ2) is 7.38. The Morgan fingerprint density at radius 3 is 2.52 bits per heavy atom. The fraction of sp³-hybridized carbons (Fsp3) is 0.353. The normalized spacial score (nSPS) is 12.4. The van der Waals surface area contributed by atoms with Crippen molar-refractivity contribution in [3.8, 4) is 0 Å². The first kappa shape index (κ1) is 15.7. The van der Waals surface area contributed by atoms with Crippen molar-refractivity contribution in [3.05, 3.63) is 57.8 Å². The summed E-state index contributed by atoms with van der Waals surface area (Å²) < 4.78 is 0. The molecule has 0 fully saturated rings. The molecule has 0 aliphatic rings. The van der Waals surface area contributed by atoms with Crippen molar-refractivity contribution in [2.45, 2.75) is 19.4 Å². The van der Waals surface area contributed by atoms with Crippen LogP contribution in [0.1, 0.15) is 20.8 Å². The first-order valence-corrected chi connectivity index (χ1v) is 7.98. The van der Waals surface area contributed by atoms with E-state index in [9.17, 15) is 4.79 Å². The summed E-state index contributed by atoms with van der Waals surface area (Å²) in [5.74, 6) is 0.0300. The van der Waals surface area contributed by atoms with Crippen LogP contribution < -0.4 is 5.32 Å². The highest BCUT2D eigenvalue weighted by Crippen LogP contribution is 2.15. The van der Waals surface area contributed by atoms with Crippen LogP contribution in [0.2, 0.25) is 0 Å². The molecule has 0 unspecified atom stereocenters. The zero-order valence-electron chi connectivity index (χ0n) is 12.8. The Balaban J connectivity index is 1.95. The molecule has 1 N–H and O–H groups in total. The number of carbonyl (C=O) groups is 1. The van der Waals surface area contributed by atoms with Gasteiger partial charge in [-0.05, 0) is 50.0 Å². The lowest BCUT2D eigenvalue weighted by Crippen LogP contribution is -2.41. The first-order valence-electron chi connectivity index (χ1n) is 7.10. The maximum atomic E-state index is 12.2. The maximum Gasteiger partial charge on any atom is 0.261 e. The Morgan fingerprint density at radius 1 is 1.24 bits per heavy atom. The van der Waals surface area contributed by atoms with Gasteiger partial charge in [0.2, 0.25) is 0 Å². The predicted molar refractivity (Wildman–Crippen MR) is 89.0 cm³/mol. The van der Waals surface area contributed by atoms with E-state index in [1.165, 1.54) is 16.9 Å². The summed E-state index contributed by atoms with van der Waals surface area (Å²) in [6.07, 6.45) is 0.928. The van der Waals surface area contributed by atoms with Gasteiger partial charge in [-0.1, -0.05) is 30.3 Å². The standard InChI is InChI=1S/C17H22N2OS/c1-13-9-10-21-16(13)17(20)18-12-15(19(2)3)11-14-7-5-4-6-8-14/h4-10,15H,11-12H2,1-3H3,(H,18,20)/t15-/m0/s1. The molecule has 1 aromatic carbocycles. The van der Waals surface area contributed by atoms with Gasteiger partial charge >= 0.3 is 0 Å². The molecule has 3 nitrogen and oxygen atoms in total. The van der Waals surface area contributed by atoms with Crippen molar-refractivity contribution in [1.82, 2.24) is 10.2 Å². The molecule has 1 amide bonds. The number of thiophene rings is 1. The van der Waals surface area contributed by atoms with Crippen molar-refractivity contribution in [2.75, 3.05) is 20.6 Å². The molecule has 1 aromatic heterocycles. The minimum absolute atomic E-state index is 0.0300. The average Bonchev–Trinajstić information content (AvgIpc) is 2.90. The molecule has 2 aromatic rings. The van der Waals surface area contributed by atoms with E-state index in [2.05, 4.69) is 48.6 Å². The highest BCUT2D eigenvalue weighted by molar-refractivity contribution is 7.12. The minimum atomic E-state index is 0.0300. The van der Waals surface area contributed by atoms with Gasteiger partial charge in [-0.25, -0.2) is 0 Å². The topological polar surface area (TPSA) is 32.3 Å². The van der Waals surface area contributed by atoms with E-state index >= 15 is 0 Å². The van der Waals surface area contributed by atoms with Crippen molar-refractivity contribution in [2.24, 2.45) is 0 Å². The third-order valence-electron chi connectivity index (χ3n) is 3.61. The van der Waals surface area contributed by atoms with E-state index in [1.807, 2.05) is 24.4 Å². The quantitative estimate of drug-likeness (QED) is 0.890. The van der Waals surface area contributed by atoms with E-state index in [1.54, 1.807) is 0 Å². The average molecular weight is 302 g/mol. The van der Waals surface area contributed by atoms with Gasteiger partial charge in [0.05, 0.1) is 4.88 Å². The van der Waals surface area contributed by atoms with E-state index in [4.69, 9.17) is 0 Å². The number of hydrogen-bond donors (Lipinski definition) is 1. The summed E-state index contributed by atoms with van der Waals surface area (Å²) in [7, 11) is 4.10. The van der Waals surface area contributed by atoms with Crippen LogP contribution in [0.15, 0.2) is 41.8 Å². The van der Waals surface area contributed by atoms with Crippen LogP contribution in [0.4, 0.5) is 0 Å². The van der Waals surface area contributed by atoms with Gasteiger partial charge in [0, 0.05) is 12.6 Å². The lowest BCUT2D eigenvalue weighted by molar-refractivity contribution is 0.0945. The van der Waals surface area contributed by atoms with Crippen LogP contribution in [-0.4, -0.2) is 37.5 Å². The summed E-state index contributed by atoms with van der Waals surface area (Å²) in [4.78, 5) is 15.2. The molecule has 0 bridgehead atoms. The predicted octanol–water partition coefficient (Wildman–Crippen LogP) is 2.96. The number of nitrogens with one attached hydrogen (secondary N) is 1. The van der Waals surface area contributed by atoms with Crippen LogP contribution in [0.25, 0.3) is 0 Å². The lowest BCUT2D eigenvalue weighted by Gasteiger charge is -2.24. The summed E-state index contributed by atoms with van der Waals surface area (Å²) in [5.41, 5.74) is 2.33. The van der Waals surface area contributed by atoms with Gasteiger partial charge in [0.1, 0.15) is 0 Å². The summed E-state index contributed by atoms with van der Waals surface area (Å²) >= 11 is 1.50. The third-order valence-corrected chi connectivity index (χ3v) is 4.63. The minimum Gasteiger partial charge on any atom is -0.350 e. The zero-order chi connectivity index (χ0) is 15.2. The molecule has 2 rings (SSSR count). The van der Waals surface area contributed by atoms with Crippen LogP contribution in [0, 0.1) is 6.92 Å². The van der Waals surface area contributed by atoms with Gasteiger partial charge < -0.3 is 10.2 Å². The summed E-state index contributed by atoms with van der Waals surface area (Å²) in [6, 6.07) is 12.6. The first-order chi connectivity index (χ1) is 10.1. The molecule has 1 atom stereocenters. The van der Waals surface area contributed by atoms with E-state index in [0.29, 0.717) is 6.54 Å². The summed E-state index contributed by atoms with van der Waals surface area (Å²) in [6.45, 7) is 2.62. The molecule has 0 saturated heterocycles. The Labute approximate surface area is 130 Å². The van der Waals surface area contributed by atoms with Gasteiger partial charge in [-0.2, -0.15) is 0 Å². The number of amides is 1. The molecule has 1 heterocycles. The number of nitrogens with zero attached hydrogens (tertiary/aromatic N) is 1. The smallest absolute Gasteiger partial charge is 0.261 e. The van der Waals surface area contributed by atoms with Crippen LogP contribution >= 0.6 is 11.3 Å². The van der Waals surface area contributed by atoms with E-state index < -0.39 is 0 Å². The van der Waals surface area contributed by atoms with E-state index in [-0.39, 0.29) is 11.9 Å². The number of carbonyl (C=O) groups excluding carboxylic acids is 1. The second-order valence-electron chi connectivity index (χ2n) is 5.45. The molecule has 4 heteroatoms. The molecule has 0 spiro atoms. The molecule has 112 valence electrons. The van der Waals surface area contributed by atoms with Crippen molar-refractivity contribution in [1.29, 1.82) is 0 Å². The van der Waals surface area contributed by atoms with Gasteiger partial charge in [-0.15, -0.1) is 11.3 Å². The van der Waals surface area contributed by atoms with Gasteiger partial charge in [0.15, 0.2) is 0 Å². The number of likely N-dealkylation sites (N-methyl/N-ethyl adjacent to an activating group) is 1. The molecule has 0 aliphatic heterocycles. The highest BCUT2D eigenvalue weighted by Gasteiger charge is 2.16. The number of hydrogen-bond acceptors (Lipinski definition) is 3. The fourth-order valence-electron chi connectivity index (χ4n) is 2.22. The van der Waals surface area contributed by atoms with Crippen LogP contribution in [0.3, 0.4) is 0 Å². The Hall–Kier alpha value is -1.65. The Bertz CT molecular complexity index is 577. The number of aryl methyl sites for hydroxylation is 1. The largest absolute Gasteiger partial charge is 0.350 e. The second-order valence-corrected chi connectivity index (χ2v) is 6.37. The van der Waals surface area contributed by atoms with Crippen LogP contribution in [-0.2, 0) is 6.42 Å². The van der Waals surface area contributed by atoms with Crippen molar-refractivity contribution in [3.63, 3.8) is 0 Å². The maximum absolute atomic E-state index is 12.2. The molecular weight excluding hydrogens is 280 g/mol. The fourth-order valence-corrected chi connectivity index (χ4v) is 3.06. The monoisotopic (exact) mass is 302 g/mol. The molecule has 0 aliphatic carbocycles. The summed E-state index contributed by atoms with van der Waals surface area (Å²) in [5, 5.41) is 5.01. The van der Waals surface area contributed by atoms with Gasteiger partial charge in [0.25, 0.3) is 5.91 Å². The highest BCUT2D eigenvalue weighted by atomic mass is 32.1. The number of rotatable bonds is 6. The Morgan fingerprint density at radius 2 is 1.95 bits per heavy atom. The van der Waals surface area contributed by atoms with Gasteiger partial charge in [-0.3, -0.25) is 4.79 Å². The SMILES string of the molecule is Cc1ccsc1C(=O)NC[C@H](Cc1ccccc1)N(C)C. The molecule has 0 radical (unpaired) electrons. The zero-order valence-corrected chi connectivity index (χ0v) is 13.6. The molecule has 0 saturated carbocycles. The van der Waals surface area contributed by atoms with E-state index in [0.717, 1.165) is 16.9 Å². The van der Waals surface area contributed by atoms with Crippen molar-refractivity contribution >= 4 is 17.2 Å². The third kappa shape index (κ3) is 4.41. The van der Waals surface area contributed by atoms with Crippen molar-refractivity contribution < 1.29 is 4.79 Å². The lowest BCUT2D eigenvalue weighted by atomic mass is 10.1. The Kier molecular flexibility index (Phi) is 5.53. The number of benzene rings is 1. The molecular formula is C17H22N2OS. The molecule has 21 heavy (non-hydrogen) atoms.